The number of nitrogens with zero attached hydrogens (tertiary/aromatic N) is 5. The van der Waals surface area contributed by atoms with Crippen molar-refractivity contribution in [1.82, 2.24) is 19.6 Å². The van der Waals surface area contributed by atoms with Crippen LogP contribution in [-0.2, 0) is 6.42 Å². The lowest BCUT2D eigenvalue weighted by Gasteiger charge is -2.42. The van der Waals surface area contributed by atoms with E-state index in [9.17, 15) is 8.78 Å². The minimum atomic E-state index is -0.888. The van der Waals surface area contributed by atoms with E-state index in [1.54, 1.807) is 16.8 Å². The number of anilines is 1. The third-order valence-corrected chi connectivity index (χ3v) is 7.39. The number of rotatable bonds is 2. The topological polar surface area (TPSA) is 72.3 Å². The third-order valence-electron chi connectivity index (χ3n) is 7.39. The summed E-state index contributed by atoms with van der Waals surface area (Å²) < 4.78 is 29.2. The van der Waals surface area contributed by atoms with Gasteiger partial charge in [-0.1, -0.05) is 6.07 Å². The summed E-state index contributed by atoms with van der Waals surface area (Å²) >= 11 is 0. The van der Waals surface area contributed by atoms with E-state index in [2.05, 4.69) is 21.0 Å². The molecule has 168 valence electrons. The van der Waals surface area contributed by atoms with Crippen molar-refractivity contribution in [2.45, 2.75) is 32.2 Å². The van der Waals surface area contributed by atoms with E-state index in [4.69, 9.17) is 10.7 Å². The molecule has 1 aliphatic carbocycles. The Kier molecular flexibility index (Phi) is 4.48. The molecule has 1 fully saturated rings. The molecule has 0 amide bonds. The van der Waals surface area contributed by atoms with Gasteiger partial charge in [-0.25, -0.2) is 18.3 Å². The molecule has 0 radical (unpaired) electrons. The Morgan fingerprint density at radius 1 is 1.06 bits per heavy atom. The van der Waals surface area contributed by atoms with E-state index in [-0.39, 0.29) is 11.5 Å². The lowest BCUT2D eigenvalue weighted by Crippen LogP contribution is -2.44. The molecule has 8 heteroatoms. The zero-order valence-electron chi connectivity index (χ0n) is 18.3. The highest BCUT2D eigenvalue weighted by molar-refractivity contribution is 5.75. The number of fused-ring (bicyclic) bond motifs is 2. The molecule has 1 aromatic carbocycles. The molecule has 3 aromatic heterocycles. The molecule has 1 aliphatic heterocycles. The van der Waals surface area contributed by atoms with Crippen LogP contribution in [0.15, 0.2) is 48.8 Å². The monoisotopic (exact) mass is 446 g/mol. The molecule has 1 spiro atoms. The van der Waals surface area contributed by atoms with Gasteiger partial charge in [0, 0.05) is 36.6 Å². The van der Waals surface area contributed by atoms with Gasteiger partial charge < -0.3 is 10.6 Å². The van der Waals surface area contributed by atoms with Crippen LogP contribution in [0.4, 0.5) is 14.6 Å². The number of pyridine rings is 1. The summed E-state index contributed by atoms with van der Waals surface area (Å²) in [6.07, 6.45) is 6.38. The van der Waals surface area contributed by atoms with Crippen LogP contribution in [0.5, 0.6) is 0 Å². The van der Waals surface area contributed by atoms with Gasteiger partial charge in [0.1, 0.15) is 5.52 Å². The molecular formula is C25H24F2N6. The second-order valence-electron chi connectivity index (χ2n) is 9.17. The maximum Gasteiger partial charge on any atom is 0.159 e. The van der Waals surface area contributed by atoms with Crippen LogP contribution in [0, 0.1) is 24.0 Å². The van der Waals surface area contributed by atoms with Crippen molar-refractivity contribution in [2.24, 2.45) is 11.1 Å². The van der Waals surface area contributed by atoms with Gasteiger partial charge in [0.2, 0.25) is 0 Å². The quantitative estimate of drug-likeness (QED) is 0.499. The predicted octanol–water partition coefficient (Wildman–Crippen LogP) is 4.22. The summed E-state index contributed by atoms with van der Waals surface area (Å²) in [5, 5.41) is 4.48. The molecule has 4 aromatic rings. The Hall–Kier alpha value is -3.39. The third kappa shape index (κ3) is 3.04. The first-order chi connectivity index (χ1) is 16.0. The van der Waals surface area contributed by atoms with Gasteiger partial charge in [-0.15, -0.1) is 0 Å². The first kappa shape index (κ1) is 20.2. The number of hydrogen-bond acceptors (Lipinski definition) is 5. The molecule has 0 unspecified atom stereocenters. The van der Waals surface area contributed by atoms with Crippen LogP contribution in [0.25, 0.3) is 16.8 Å². The van der Waals surface area contributed by atoms with Gasteiger partial charge in [0.05, 0.1) is 17.6 Å². The van der Waals surface area contributed by atoms with Crippen LogP contribution in [0.2, 0.25) is 0 Å². The Bertz CT molecular complexity index is 1370. The van der Waals surface area contributed by atoms with Crippen molar-refractivity contribution in [2.75, 3.05) is 18.0 Å². The fourth-order valence-electron chi connectivity index (χ4n) is 5.59. The Morgan fingerprint density at radius 3 is 2.64 bits per heavy atom. The maximum absolute atomic E-state index is 13.9. The average molecular weight is 447 g/mol. The average Bonchev–Trinajstić information content (AvgIpc) is 3.40. The molecule has 2 N–H and O–H groups in total. The van der Waals surface area contributed by atoms with Gasteiger partial charge in [0.25, 0.3) is 0 Å². The van der Waals surface area contributed by atoms with Crippen molar-refractivity contribution in [1.29, 1.82) is 0 Å². The van der Waals surface area contributed by atoms with E-state index < -0.39 is 11.6 Å². The van der Waals surface area contributed by atoms with Crippen LogP contribution < -0.4 is 10.6 Å². The van der Waals surface area contributed by atoms with Gasteiger partial charge in [-0.05, 0) is 67.5 Å². The van der Waals surface area contributed by atoms with Gasteiger partial charge in [-0.2, -0.15) is 5.10 Å². The van der Waals surface area contributed by atoms with E-state index in [1.807, 2.05) is 25.3 Å². The Balaban J connectivity index is 1.33. The second-order valence-corrected chi connectivity index (χ2v) is 9.17. The summed E-state index contributed by atoms with van der Waals surface area (Å²) in [4.78, 5) is 11.8. The number of halogens is 2. The molecule has 1 saturated heterocycles. The number of aryl methyl sites for hydroxylation is 1. The Morgan fingerprint density at radius 2 is 1.88 bits per heavy atom. The molecule has 1 atom stereocenters. The summed E-state index contributed by atoms with van der Waals surface area (Å²) in [6.45, 7) is 3.54. The Labute approximate surface area is 190 Å². The molecule has 6 rings (SSSR count). The van der Waals surface area contributed by atoms with Crippen molar-refractivity contribution >= 4 is 11.3 Å². The number of nitrogens with two attached hydrogens (primary N) is 1. The maximum atomic E-state index is 13.9. The normalized spacial score (nSPS) is 19.4. The number of hydrogen-bond donors (Lipinski definition) is 1. The van der Waals surface area contributed by atoms with E-state index in [0.29, 0.717) is 17.0 Å². The van der Waals surface area contributed by atoms with Crippen molar-refractivity contribution in [3.63, 3.8) is 0 Å². The van der Waals surface area contributed by atoms with Crippen molar-refractivity contribution in [3.05, 3.63) is 77.4 Å². The van der Waals surface area contributed by atoms with Crippen molar-refractivity contribution in [3.8, 4) is 11.3 Å². The van der Waals surface area contributed by atoms with E-state index in [1.165, 1.54) is 11.6 Å². The summed E-state index contributed by atoms with van der Waals surface area (Å²) in [5.74, 6) is -0.906. The van der Waals surface area contributed by atoms with Gasteiger partial charge >= 0.3 is 0 Å². The number of piperidine rings is 1. The van der Waals surface area contributed by atoms with E-state index in [0.717, 1.165) is 55.4 Å². The van der Waals surface area contributed by atoms with Crippen LogP contribution in [0.1, 0.15) is 35.8 Å². The smallest absolute Gasteiger partial charge is 0.159 e. The number of aromatic nitrogens is 4. The molecular weight excluding hydrogens is 422 g/mol. The summed E-state index contributed by atoms with van der Waals surface area (Å²) in [5.41, 5.74) is 11.8. The molecule has 4 heterocycles. The summed E-state index contributed by atoms with van der Waals surface area (Å²) in [6, 6.07) is 9.87. The first-order valence-corrected chi connectivity index (χ1v) is 11.2. The first-order valence-electron chi connectivity index (χ1n) is 11.2. The van der Waals surface area contributed by atoms with Crippen LogP contribution in [-0.4, -0.2) is 32.7 Å². The minimum absolute atomic E-state index is 0.00350. The van der Waals surface area contributed by atoms with E-state index >= 15 is 0 Å². The fourth-order valence-corrected chi connectivity index (χ4v) is 5.59. The standard InChI is InChI=1S/C25H24F2N6/c1-15-22(16-4-5-18(26)19(27)13-16)33-21(6-10-30-33)24(31-15)32-11-7-25(8-12-32)14-20-17(23(25)28)3-2-9-29-20/h2-6,9-10,13,23H,7-8,11-12,14,28H2,1H3/t23-/m1/s1. The van der Waals surface area contributed by atoms with Gasteiger partial charge in [0.15, 0.2) is 17.5 Å². The fraction of sp³-hybridized carbons (Fsp3) is 0.320. The summed E-state index contributed by atoms with van der Waals surface area (Å²) in [7, 11) is 0. The SMILES string of the molecule is Cc1nc(N2CCC3(CC2)Cc2ncccc2[C@H]3N)c2ccnn2c1-c1ccc(F)c(F)c1. The predicted molar refractivity (Wildman–Crippen MR) is 122 cm³/mol. The number of benzene rings is 1. The largest absolute Gasteiger partial charge is 0.355 e. The molecule has 33 heavy (non-hydrogen) atoms. The highest BCUT2D eigenvalue weighted by Gasteiger charge is 2.46. The lowest BCUT2D eigenvalue weighted by molar-refractivity contribution is 0.187. The van der Waals surface area contributed by atoms with Crippen molar-refractivity contribution < 1.29 is 8.78 Å². The second kappa shape index (κ2) is 7.31. The van der Waals surface area contributed by atoms with Crippen LogP contribution in [0.3, 0.4) is 0 Å². The molecule has 0 saturated carbocycles. The van der Waals surface area contributed by atoms with Gasteiger partial charge in [-0.3, -0.25) is 4.98 Å². The zero-order valence-corrected chi connectivity index (χ0v) is 18.3. The highest BCUT2D eigenvalue weighted by atomic mass is 19.2. The molecule has 0 bridgehead atoms. The zero-order chi connectivity index (χ0) is 22.7. The van der Waals surface area contributed by atoms with Crippen LogP contribution >= 0.6 is 0 Å². The molecule has 6 nitrogen and oxygen atoms in total. The lowest BCUT2D eigenvalue weighted by atomic mass is 9.73. The highest BCUT2D eigenvalue weighted by Crippen LogP contribution is 2.50. The minimum Gasteiger partial charge on any atom is -0.355 e. The molecule has 2 aliphatic rings.